The van der Waals surface area contributed by atoms with Crippen LogP contribution >= 0.6 is 0 Å². The Labute approximate surface area is 151 Å². The van der Waals surface area contributed by atoms with E-state index in [0.717, 1.165) is 31.2 Å². The van der Waals surface area contributed by atoms with Crippen molar-refractivity contribution in [1.29, 1.82) is 0 Å². The number of benzene rings is 2. The first-order valence-electron chi connectivity index (χ1n) is 9.28. The fourth-order valence-corrected chi connectivity index (χ4v) is 3.54. The Morgan fingerprint density at radius 2 is 1.44 bits per heavy atom. The highest BCUT2D eigenvalue weighted by atomic mass is 16.5. The molecule has 0 aliphatic carbocycles. The first kappa shape index (κ1) is 17.8. The third kappa shape index (κ3) is 5.21. The van der Waals surface area contributed by atoms with Gasteiger partial charge in [-0.2, -0.15) is 0 Å². The van der Waals surface area contributed by atoms with Gasteiger partial charge < -0.3 is 19.3 Å². The van der Waals surface area contributed by atoms with Crippen LogP contribution in [0.25, 0.3) is 0 Å². The molecule has 0 aromatic heterocycles. The number of hydrogen-bond donors (Lipinski definition) is 2. The van der Waals surface area contributed by atoms with Crippen LogP contribution in [-0.2, 0) is 13.1 Å². The van der Waals surface area contributed by atoms with E-state index in [2.05, 4.69) is 42.5 Å². The molecule has 25 heavy (non-hydrogen) atoms. The van der Waals surface area contributed by atoms with Gasteiger partial charge in [0.1, 0.15) is 50.8 Å². The van der Waals surface area contributed by atoms with Gasteiger partial charge in [-0.25, -0.2) is 0 Å². The summed E-state index contributed by atoms with van der Waals surface area (Å²) in [4.78, 5) is 3.35. The summed E-state index contributed by atoms with van der Waals surface area (Å²) in [6.07, 6.45) is 0. The van der Waals surface area contributed by atoms with Crippen molar-refractivity contribution in [2.45, 2.75) is 20.0 Å². The van der Waals surface area contributed by atoms with E-state index in [4.69, 9.17) is 9.47 Å². The quantitative estimate of drug-likeness (QED) is 0.770. The van der Waals surface area contributed by atoms with Gasteiger partial charge in [-0.3, -0.25) is 0 Å². The predicted molar refractivity (Wildman–Crippen MR) is 99.4 cm³/mol. The molecule has 3 rings (SSSR count). The Kier molecular flexibility index (Phi) is 6.31. The Morgan fingerprint density at radius 1 is 0.800 bits per heavy atom. The Balaban J connectivity index is 1.46. The van der Waals surface area contributed by atoms with Crippen LogP contribution in [0.4, 0.5) is 0 Å². The molecule has 0 unspecified atom stereocenters. The van der Waals surface area contributed by atoms with E-state index in [1.54, 1.807) is 16.9 Å². The number of quaternary nitrogens is 2. The van der Waals surface area contributed by atoms with Gasteiger partial charge in [0.05, 0.1) is 13.7 Å². The van der Waals surface area contributed by atoms with Crippen molar-refractivity contribution in [1.82, 2.24) is 0 Å². The lowest BCUT2D eigenvalue weighted by Crippen LogP contribution is -3.27. The highest BCUT2D eigenvalue weighted by molar-refractivity contribution is 5.28. The molecule has 0 atom stereocenters. The monoisotopic (exact) mass is 342 g/mol. The number of piperazine rings is 1. The van der Waals surface area contributed by atoms with E-state index in [1.807, 2.05) is 13.0 Å². The lowest BCUT2D eigenvalue weighted by molar-refractivity contribution is -1.02. The third-order valence-electron chi connectivity index (χ3n) is 4.94. The highest BCUT2D eigenvalue weighted by Crippen LogP contribution is 2.12. The second kappa shape index (κ2) is 8.88. The molecular weight excluding hydrogens is 312 g/mol. The van der Waals surface area contributed by atoms with E-state index in [9.17, 15) is 0 Å². The van der Waals surface area contributed by atoms with E-state index < -0.39 is 0 Å². The topological polar surface area (TPSA) is 27.3 Å². The summed E-state index contributed by atoms with van der Waals surface area (Å²) in [5.41, 5.74) is 2.76. The largest absolute Gasteiger partial charge is 0.497 e. The van der Waals surface area contributed by atoms with Gasteiger partial charge in [0.2, 0.25) is 0 Å². The lowest BCUT2D eigenvalue weighted by atomic mass is 10.1. The summed E-state index contributed by atoms with van der Waals surface area (Å²) in [6.45, 7) is 9.85. The summed E-state index contributed by atoms with van der Waals surface area (Å²) in [5.74, 6) is 1.92. The molecule has 1 aliphatic heterocycles. The third-order valence-corrected chi connectivity index (χ3v) is 4.94. The van der Waals surface area contributed by atoms with Crippen molar-refractivity contribution < 1.29 is 19.3 Å². The molecule has 1 aliphatic rings. The lowest BCUT2D eigenvalue weighted by Gasteiger charge is -2.29. The average molecular weight is 342 g/mol. The van der Waals surface area contributed by atoms with Crippen molar-refractivity contribution in [3.63, 3.8) is 0 Å². The van der Waals surface area contributed by atoms with Crippen LogP contribution in [0.2, 0.25) is 0 Å². The van der Waals surface area contributed by atoms with Gasteiger partial charge in [0, 0.05) is 11.1 Å². The summed E-state index contributed by atoms with van der Waals surface area (Å²) in [5, 5.41) is 0. The van der Waals surface area contributed by atoms with Crippen LogP contribution in [0.1, 0.15) is 18.1 Å². The van der Waals surface area contributed by atoms with Gasteiger partial charge in [0.15, 0.2) is 0 Å². The number of hydrogen-bond acceptors (Lipinski definition) is 2. The zero-order valence-electron chi connectivity index (χ0n) is 15.4. The second-order valence-electron chi connectivity index (χ2n) is 6.78. The molecule has 2 aromatic rings. The van der Waals surface area contributed by atoms with Crippen LogP contribution < -0.4 is 19.3 Å². The van der Waals surface area contributed by atoms with Gasteiger partial charge in [-0.15, -0.1) is 0 Å². The fourth-order valence-electron chi connectivity index (χ4n) is 3.54. The maximum absolute atomic E-state index is 5.52. The molecule has 0 amide bonds. The minimum Gasteiger partial charge on any atom is -0.497 e. The summed E-state index contributed by atoms with van der Waals surface area (Å²) in [7, 11) is 1.73. The molecule has 1 heterocycles. The zero-order chi connectivity index (χ0) is 17.5. The minimum atomic E-state index is 0.725. The van der Waals surface area contributed by atoms with Gasteiger partial charge in [-0.1, -0.05) is 12.1 Å². The molecule has 2 aromatic carbocycles. The van der Waals surface area contributed by atoms with E-state index in [-0.39, 0.29) is 0 Å². The maximum Gasteiger partial charge on any atom is 0.127 e. The second-order valence-corrected chi connectivity index (χ2v) is 6.78. The van der Waals surface area contributed by atoms with Crippen LogP contribution in [0.5, 0.6) is 11.5 Å². The van der Waals surface area contributed by atoms with Crippen LogP contribution in [-0.4, -0.2) is 39.9 Å². The van der Waals surface area contributed by atoms with Crippen molar-refractivity contribution in [2.24, 2.45) is 0 Å². The van der Waals surface area contributed by atoms with Crippen LogP contribution in [0.15, 0.2) is 48.5 Å². The predicted octanol–water partition coefficient (Wildman–Crippen LogP) is 0.578. The number of rotatable bonds is 7. The molecule has 0 saturated carbocycles. The van der Waals surface area contributed by atoms with Crippen molar-refractivity contribution in [3.8, 4) is 11.5 Å². The first-order chi connectivity index (χ1) is 12.3. The highest BCUT2D eigenvalue weighted by Gasteiger charge is 2.23. The van der Waals surface area contributed by atoms with E-state index >= 15 is 0 Å². The summed E-state index contributed by atoms with van der Waals surface area (Å²) < 4.78 is 10.8. The minimum absolute atomic E-state index is 0.725. The first-order valence-corrected chi connectivity index (χ1v) is 9.28. The molecule has 0 radical (unpaired) electrons. The molecule has 0 spiro atoms. The number of ether oxygens (including phenoxy) is 2. The Bertz CT molecular complexity index is 649. The van der Waals surface area contributed by atoms with Crippen LogP contribution in [0.3, 0.4) is 0 Å². The SMILES string of the molecule is CCOc1ccc(C[NH+]2CC[NH+](Cc3cccc(OC)c3)CC2)cc1. The smallest absolute Gasteiger partial charge is 0.127 e. The number of methoxy groups -OCH3 is 1. The maximum atomic E-state index is 5.52. The van der Waals surface area contributed by atoms with E-state index in [1.165, 1.54) is 37.3 Å². The average Bonchev–Trinajstić information content (AvgIpc) is 2.65. The molecular formula is C21H30N2O2+2. The van der Waals surface area contributed by atoms with Crippen LogP contribution in [0, 0.1) is 0 Å². The van der Waals surface area contributed by atoms with E-state index in [0.29, 0.717) is 0 Å². The Hall–Kier alpha value is -2.04. The molecule has 1 fully saturated rings. The molecule has 4 heteroatoms. The normalized spacial score (nSPS) is 20.2. The van der Waals surface area contributed by atoms with Gasteiger partial charge in [0.25, 0.3) is 0 Å². The molecule has 0 bridgehead atoms. The molecule has 1 saturated heterocycles. The summed E-state index contributed by atoms with van der Waals surface area (Å²) >= 11 is 0. The molecule has 2 N–H and O–H groups in total. The van der Waals surface area contributed by atoms with Gasteiger partial charge >= 0.3 is 0 Å². The van der Waals surface area contributed by atoms with Crippen molar-refractivity contribution >= 4 is 0 Å². The standard InChI is InChI=1S/C21H28N2O2/c1-3-25-20-9-7-18(8-10-20)16-22-11-13-23(14-12-22)17-19-5-4-6-21(15-19)24-2/h4-10,15H,3,11-14,16-17H2,1-2H3/p+2. The van der Waals surface area contributed by atoms with Gasteiger partial charge in [-0.05, 0) is 43.3 Å². The number of nitrogens with one attached hydrogen (secondary N) is 2. The molecule has 4 nitrogen and oxygen atoms in total. The summed E-state index contributed by atoms with van der Waals surface area (Å²) in [6, 6.07) is 17.0. The zero-order valence-corrected chi connectivity index (χ0v) is 15.4. The fraction of sp³-hybridized carbons (Fsp3) is 0.429. The Morgan fingerprint density at radius 3 is 2.04 bits per heavy atom. The van der Waals surface area contributed by atoms with Crippen molar-refractivity contribution in [3.05, 3.63) is 59.7 Å². The molecule has 134 valence electrons. The van der Waals surface area contributed by atoms with Crippen molar-refractivity contribution in [2.75, 3.05) is 39.9 Å².